The predicted molar refractivity (Wildman–Crippen MR) is 78.9 cm³/mol. The van der Waals surface area contributed by atoms with Gasteiger partial charge in [-0.25, -0.2) is 0 Å². The monoisotopic (exact) mass is 321 g/mol. The molecular weight excluding hydrogens is 306 g/mol. The van der Waals surface area contributed by atoms with Crippen LogP contribution >= 0.6 is 15.9 Å². The zero-order valence-corrected chi connectivity index (χ0v) is 12.0. The average Bonchev–Trinajstić information content (AvgIpc) is 2.46. The number of nitrogens with two attached hydrogens (primary N) is 1. The first-order chi connectivity index (χ1) is 9.26. The third-order valence-electron chi connectivity index (χ3n) is 2.88. The fraction of sp³-hybridized carbons (Fsp3) is 0.200. The summed E-state index contributed by atoms with van der Waals surface area (Å²) in [6.07, 6.45) is -0.247. The van der Waals surface area contributed by atoms with Crippen LogP contribution in [0.3, 0.4) is 0 Å². The highest BCUT2D eigenvalue weighted by atomic mass is 79.9. The van der Waals surface area contributed by atoms with Crippen molar-refractivity contribution >= 4 is 15.9 Å². The molecule has 1 atom stereocenters. The summed E-state index contributed by atoms with van der Waals surface area (Å²) < 4.78 is 6.90. The molecule has 19 heavy (non-hydrogen) atoms. The number of hydrogen-bond donors (Lipinski definition) is 2. The zero-order chi connectivity index (χ0) is 13.7. The van der Waals surface area contributed by atoms with Gasteiger partial charge in [0.2, 0.25) is 0 Å². The van der Waals surface area contributed by atoms with E-state index in [0.717, 1.165) is 15.6 Å². The number of hydrogen-bond acceptors (Lipinski definition) is 3. The van der Waals surface area contributed by atoms with Crippen molar-refractivity contribution in [2.75, 3.05) is 6.54 Å². The van der Waals surface area contributed by atoms with Gasteiger partial charge < -0.3 is 15.6 Å². The van der Waals surface area contributed by atoms with E-state index in [1.165, 1.54) is 0 Å². The van der Waals surface area contributed by atoms with Crippen LogP contribution in [-0.4, -0.2) is 11.7 Å². The van der Waals surface area contributed by atoms with Gasteiger partial charge in [0.25, 0.3) is 0 Å². The van der Waals surface area contributed by atoms with Crippen LogP contribution in [0.5, 0.6) is 5.75 Å². The Kier molecular flexibility index (Phi) is 4.96. The highest BCUT2D eigenvalue weighted by Gasteiger charge is 2.15. The molecule has 0 aliphatic heterocycles. The van der Waals surface area contributed by atoms with Gasteiger partial charge in [-0.1, -0.05) is 52.3 Å². The van der Waals surface area contributed by atoms with E-state index >= 15 is 0 Å². The molecule has 2 rings (SSSR count). The van der Waals surface area contributed by atoms with Crippen LogP contribution in [0.4, 0.5) is 0 Å². The Bertz CT molecular complexity index is 545. The van der Waals surface area contributed by atoms with E-state index in [-0.39, 0.29) is 12.7 Å². The molecule has 0 aliphatic carbocycles. The Morgan fingerprint density at radius 1 is 1.11 bits per heavy atom. The van der Waals surface area contributed by atoms with Gasteiger partial charge in [0.1, 0.15) is 11.9 Å². The maximum atomic E-state index is 9.31. The Morgan fingerprint density at radius 3 is 2.47 bits per heavy atom. The van der Waals surface area contributed by atoms with Crippen LogP contribution in [0.1, 0.15) is 17.2 Å². The summed E-state index contributed by atoms with van der Waals surface area (Å²) in [7, 11) is 0. The molecule has 0 aromatic heterocycles. The molecule has 3 N–H and O–H groups in total. The van der Waals surface area contributed by atoms with Gasteiger partial charge in [-0.3, -0.25) is 0 Å². The first-order valence-corrected chi connectivity index (χ1v) is 6.85. The van der Waals surface area contributed by atoms with Gasteiger partial charge in [0.15, 0.2) is 0 Å². The van der Waals surface area contributed by atoms with E-state index in [9.17, 15) is 5.11 Å². The van der Waals surface area contributed by atoms with Crippen LogP contribution in [0.2, 0.25) is 0 Å². The van der Waals surface area contributed by atoms with Crippen LogP contribution in [0.25, 0.3) is 0 Å². The normalized spacial score (nSPS) is 12.2. The van der Waals surface area contributed by atoms with Crippen LogP contribution < -0.4 is 10.5 Å². The Labute approximate surface area is 121 Å². The fourth-order valence-electron chi connectivity index (χ4n) is 1.88. The lowest BCUT2D eigenvalue weighted by Gasteiger charge is -2.20. The van der Waals surface area contributed by atoms with E-state index < -0.39 is 0 Å². The minimum Gasteiger partial charge on any atom is -0.484 e. The third-order valence-corrected chi connectivity index (χ3v) is 3.60. The number of benzene rings is 2. The van der Waals surface area contributed by atoms with Crippen molar-refractivity contribution in [1.82, 2.24) is 0 Å². The van der Waals surface area contributed by atoms with E-state index in [0.29, 0.717) is 12.3 Å². The zero-order valence-electron chi connectivity index (χ0n) is 10.4. The van der Waals surface area contributed by atoms with E-state index in [1.54, 1.807) is 0 Å². The smallest absolute Gasteiger partial charge is 0.137 e. The molecule has 0 heterocycles. The summed E-state index contributed by atoms with van der Waals surface area (Å²) in [5.74, 6) is 0.663. The molecule has 100 valence electrons. The molecule has 4 heteroatoms. The summed E-state index contributed by atoms with van der Waals surface area (Å²) in [5.41, 5.74) is 7.56. The van der Waals surface area contributed by atoms with E-state index in [4.69, 9.17) is 10.5 Å². The molecular formula is C15H16BrNO2. The van der Waals surface area contributed by atoms with Crippen LogP contribution in [0, 0.1) is 0 Å². The SMILES string of the molecule is NCC(Oc1ccccc1CO)c1ccccc1Br. The Balaban J connectivity index is 2.27. The van der Waals surface area contributed by atoms with E-state index in [1.807, 2.05) is 48.5 Å². The number of aliphatic hydroxyl groups excluding tert-OH is 1. The number of aliphatic hydroxyl groups is 1. The minimum atomic E-state index is -0.247. The lowest BCUT2D eigenvalue weighted by Crippen LogP contribution is -2.19. The van der Waals surface area contributed by atoms with Gasteiger partial charge in [-0.05, 0) is 12.1 Å². The lowest BCUT2D eigenvalue weighted by molar-refractivity contribution is 0.202. The largest absolute Gasteiger partial charge is 0.484 e. The minimum absolute atomic E-state index is 0.0522. The standard InChI is InChI=1S/C15H16BrNO2/c16-13-7-3-2-6-12(13)15(9-17)19-14-8-4-1-5-11(14)10-18/h1-8,15,18H,9-10,17H2. The van der Waals surface area contributed by atoms with Gasteiger partial charge in [0, 0.05) is 22.1 Å². The fourth-order valence-corrected chi connectivity index (χ4v) is 2.42. The number of rotatable bonds is 5. The van der Waals surface area contributed by atoms with Crippen molar-refractivity contribution in [2.24, 2.45) is 5.73 Å². The predicted octanol–water partition coefficient (Wildman–Crippen LogP) is 3.02. The number of ether oxygens (including phenoxy) is 1. The molecule has 0 radical (unpaired) electrons. The molecule has 0 saturated carbocycles. The highest BCUT2D eigenvalue weighted by Crippen LogP contribution is 2.29. The summed E-state index contributed by atoms with van der Waals surface area (Å²) in [4.78, 5) is 0. The van der Waals surface area contributed by atoms with Crippen LogP contribution in [0.15, 0.2) is 53.0 Å². The van der Waals surface area contributed by atoms with Gasteiger partial charge in [-0.2, -0.15) is 0 Å². The second-order valence-electron chi connectivity index (χ2n) is 4.13. The number of para-hydroxylation sites is 1. The topological polar surface area (TPSA) is 55.5 Å². The van der Waals surface area contributed by atoms with Crippen molar-refractivity contribution in [1.29, 1.82) is 0 Å². The first kappa shape index (κ1) is 14.1. The third kappa shape index (κ3) is 3.35. The highest BCUT2D eigenvalue weighted by molar-refractivity contribution is 9.10. The molecule has 2 aromatic rings. The lowest BCUT2D eigenvalue weighted by atomic mass is 10.1. The number of halogens is 1. The van der Waals surface area contributed by atoms with Crippen molar-refractivity contribution in [2.45, 2.75) is 12.7 Å². The molecule has 3 nitrogen and oxygen atoms in total. The molecule has 0 aliphatic rings. The molecule has 0 amide bonds. The Morgan fingerprint density at radius 2 is 1.79 bits per heavy atom. The maximum Gasteiger partial charge on any atom is 0.137 e. The molecule has 2 aromatic carbocycles. The second-order valence-corrected chi connectivity index (χ2v) is 4.98. The summed E-state index contributed by atoms with van der Waals surface area (Å²) >= 11 is 3.50. The van der Waals surface area contributed by atoms with Gasteiger partial charge in [-0.15, -0.1) is 0 Å². The summed E-state index contributed by atoms with van der Waals surface area (Å²) in [6.45, 7) is 0.311. The van der Waals surface area contributed by atoms with Gasteiger partial charge >= 0.3 is 0 Å². The molecule has 1 unspecified atom stereocenters. The average molecular weight is 322 g/mol. The second kappa shape index (κ2) is 6.70. The molecule has 0 bridgehead atoms. The quantitative estimate of drug-likeness (QED) is 0.890. The maximum absolute atomic E-state index is 9.31. The summed E-state index contributed by atoms with van der Waals surface area (Å²) in [5, 5.41) is 9.31. The van der Waals surface area contributed by atoms with Crippen LogP contribution in [-0.2, 0) is 6.61 Å². The van der Waals surface area contributed by atoms with Crippen molar-refractivity contribution < 1.29 is 9.84 Å². The van der Waals surface area contributed by atoms with Gasteiger partial charge in [0.05, 0.1) is 6.61 Å². The summed E-state index contributed by atoms with van der Waals surface area (Å²) in [6, 6.07) is 15.2. The van der Waals surface area contributed by atoms with Crippen molar-refractivity contribution in [3.8, 4) is 5.75 Å². The first-order valence-electron chi connectivity index (χ1n) is 6.06. The van der Waals surface area contributed by atoms with E-state index in [2.05, 4.69) is 15.9 Å². The van der Waals surface area contributed by atoms with Crippen molar-refractivity contribution in [3.63, 3.8) is 0 Å². The molecule has 0 fully saturated rings. The Hall–Kier alpha value is -1.36. The molecule has 0 saturated heterocycles. The van der Waals surface area contributed by atoms with Crippen molar-refractivity contribution in [3.05, 3.63) is 64.1 Å². The molecule has 0 spiro atoms.